The maximum absolute atomic E-state index is 12.6. The van der Waals surface area contributed by atoms with Gasteiger partial charge in [-0.1, -0.05) is 25.1 Å². The lowest BCUT2D eigenvalue weighted by atomic mass is 10.0. The van der Waals surface area contributed by atoms with Crippen molar-refractivity contribution in [2.45, 2.75) is 40.3 Å². The Morgan fingerprint density at radius 3 is 2.81 bits per heavy atom. The Morgan fingerprint density at radius 1 is 1.22 bits per heavy atom. The van der Waals surface area contributed by atoms with Gasteiger partial charge in [0, 0.05) is 28.8 Å². The minimum atomic E-state index is 0.120. The standard InChI is InChI=1S/C20H21N5OS/c1-4-18(26)24(12-17-6-5-9-27-17)11-16-10-15-8-7-13(2)14(3)19(15)25-20(16)21-22-23-25/h5-10H,4,11-12H2,1-3H3. The van der Waals surface area contributed by atoms with Gasteiger partial charge in [0.05, 0.1) is 12.1 Å². The lowest BCUT2D eigenvalue weighted by molar-refractivity contribution is -0.132. The summed E-state index contributed by atoms with van der Waals surface area (Å²) in [5, 5.41) is 15.5. The first-order valence-corrected chi connectivity index (χ1v) is 9.86. The van der Waals surface area contributed by atoms with Crippen molar-refractivity contribution in [3.63, 3.8) is 0 Å². The molecule has 0 bridgehead atoms. The number of benzene rings is 1. The molecule has 0 atom stereocenters. The fraction of sp³-hybridized carbons (Fsp3) is 0.300. The van der Waals surface area contributed by atoms with E-state index in [9.17, 15) is 4.79 Å². The van der Waals surface area contributed by atoms with Crippen molar-refractivity contribution in [2.75, 3.05) is 0 Å². The molecule has 1 amide bonds. The summed E-state index contributed by atoms with van der Waals surface area (Å²) in [7, 11) is 0. The van der Waals surface area contributed by atoms with E-state index in [0.717, 1.165) is 22.0 Å². The Hall–Kier alpha value is -2.80. The van der Waals surface area contributed by atoms with Gasteiger partial charge in [-0.05, 0) is 52.9 Å². The molecular weight excluding hydrogens is 358 g/mol. The molecule has 7 heteroatoms. The summed E-state index contributed by atoms with van der Waals surface area (Å²) in [5.74, 6) is 0.120. The van der Waals surface area contributed by atoms with E-state index in [2.05, 4.69) is 53.6 Å². The highest BCUT2D eigenvalue weighted by Gasteiger charge is 2.18. The molecular formula is C20H21N5OS. The number of tetrazole rings is 1. The van der Waals surface area contributed by atoms with Gasteiger partial charge in [0.25, 0.3) is 0 Å². The van der Waals surface area contributed by atoms with Crippen LogP contribution in [0.2, 0.25) is 0 Å². The first kappa shape index (κ1) is 17.6. The zero-order valence-electron chi connectivity index (χ0n) is 15.6. The number of aryl methyl sites for hydroxylation is 2. The predicted octanol–water partition coefficient (Wildman–Crippen LogP) is 3.89. The number of rotatable bonds is 5. The van der Waals surface area contributed by atoms with E-state index in [1.165, 1.54) is 10.4 Å². The molecule has 0 aliphatic carbocycles. The van der Waals surface area contributed by atoms with Gasteiger partial charge < -0.3 is 4.90 Å². The summed E-state index contributed by atoms with van der Waals surface area (Å²) in [4.78, 5) is 15.6. The van der Waals surface area contributed by atoms with Crippen LogP contribution in [0.4, 0.5) is 0 Å². The van der Waals surface area contributed by atoms with E-state index >= 15 is 0 Å². The first-order valence-electron chi connectivity index (χ1n) is 8.98. The monoisotopic (exact) mass is 379 g/mol. The van der Waals surface area contributed by atoms with E-state index in [4.69, 9.17) is 0 Å². The van der Waals surface area contributed by atoms with E-state index in [0.29, 0.717) is 25.2 Å². The summed E-state index contributed by atoms with van der Waals surface area (Å²) in [5.41, 5.74) is 5.04. The Morgan fingerprint density at radius 2 is 2.07 bits per heavy atom. The van der Waals surface area contributed by atoms with Gasteiger partial charge in [-0.15, -0.1) is 16.4 Å². The highest BCUT2D eigenvalue weighted by Crippen LogP contribution is 2.26. The van der Waals surface area contributed by atoms with Crippen molar-refractivity contribution >= 4 is 33.8 Å². The maximum atomic E-state index is 12.6. The molecule has 3 heterocycles. The van der Waals surface area contributed by atoms with E-state index in [-0.39, 0.29) is 5.91 Å². The molecule has 4 rings (SSSR count). The van der Waals surface area contributed by atoms with E-state index in [1.807, 2.05) is 23.3 Å². The largest absolute Gasteiger partial charge is 0.333 e. The van der Waals surface area contributed by atoms with Crippen LogP contribution in [-0.4, -0.2) is 30.8 Å². The van der Waals surface area contributed by atoms with Crippen molar-refractivity contribution in [2.24, 2.45) is 0 Å². The average molecular weight is 379 g/mol. The molecule has 0 fully saturated rings. The van der Waals surface area contributed by atoms with Crippen molar-refractivity contribution in [1.82, 2.24) is 24.9 Å². The number of carbonyl (C=O) groups excluding carboxylic acids is 1. The molecule has 0 radical (unpaired) electrons. The van der Waals surface area contributed by atoms with Crippen LogP contribution in [0.15, 0.2) is 35.7 Å². The number of aromatic nitrogens is 4. The topological polar surface area (TPSA) is 63.4 Å². The van der Waals surface area contributed by atoms with E-state index in [1.54, 1.807) is 15.9 Å². The minimum Gasteiger partial charge on any atom is -0.333 e. The van der Waals surface area contributed by atoms with Crippen molar-refractivity contribution < 1.29 is 4.79 Å². The molecule has 0 aliphatic heterocycles. The average Bonchev–Trinajstić information content (AvgIpc) is 3.35. The highest BCUT2D eigenvalue weighted by atomic mass is 32.1. The highest BCUT2D eigenvalue weighted by molar-refractivity contribution is 7.09. The van der Waals surface area contributed by atoms with Gasteiger partial charge in [0.2, 0.25) is 5.91 Å². The Labute approximate surface area is 161 Å². The molecule has 0 saturated heterocycles. The van der Waals surface area contributed by atoms with Crippen molar-refractivity contribution in [3.8, 4) is 0 Å². The fourth-order valence-electron chi connectivity index (χ4n) is 3.38. The quantitative estimate of drug-likeness (QED) is 0.528. The molecule has 0 saturated carbocycles. The molecule has 0 N–H and O–H groups in total. The second-order valence-electron chi connectivity index (χ2n) is 6.71. The van der Waals surface area contributed by atoms with Crippen LogP contribution < -0.4 is 0 Å². The van der Waals surface area contributed by atoms with Gasteiger partial charge in [-0.25, -0.2) is 0 Å². The lowest BCUT2D eigenvalue weighted by Crippen LogP contribution is -2.29. The zero-order chi connectivity index (χ0) is 19.0. The number of nitrogens with zero attached hydrogens (tertiary/aromatic N) is 5. The van der Waals surface area contributed by atoms with Crippen molar-refractivity contribution in [1.29, 1.82) is 0 Å². The summed E-state index contributed by atoms with van der Waals surface area (Å²) >= 11 is 1.66. The summed E-state index contributed by atoms with van der Waals surface area (Å²) in [6, 6.07) is 10.4. The Bertz CT molecular complexity index is 1120. The molecule has 4 aromatic rings. The van der Waals surface area contributed by atoms with Crippen LogP contribution in [0.1, 0.15) is 34.9 Å². The molecule has 6 nitrogen and oxygen atoms in total. The van der Waals surface area contributed by atoms with Crippen LogP contribution in [0.5, 0.6) is 0 Å². The smallest absolute Gasteiger partial charge is 0.222 e. The number of hydrogen-bond donors (Lipinski definition) is 0. The van der Waals surface area contributed by atoms with Crippen molar-refractivity contribution in [3.05, 3.63) is 57.3 Å². The number of thiophene rings is 1. The number of fused-ring (bicyclic) bond motifs is 3. The third-order valence-corrected chi connectivity index (χ3v) is 5.84. The van der Waals surface area contributed by atoms with Crippen LogP contribution in [0.3, 0.4) is 0 Å². The first-order chi connectivity index (χ1) is 13.1. The summed E-state index contributed by atoms with van der Waals surface area (Å²) in [6.07, 6.45) is 0.471. The molecule has 3 aromatic heterocycles. The summed E-state index contributed by atoms with van der Waals surface area (Å²) in [6.45, 7) is 7.15. The normalized spacial score (nSPS) is 11.4. The second-order valence-corrected chi connectivity index (χ2v) is 7.74. The maximum Gasteiger partial charge on any atom is 0.222 e. The molecule has 1 aromatic carbocycles. The van der Waals surface area contributed by atoms with Crippen LogP contribution in [0, 0.1) is 13.8 Å². The number of hydrogen-bond acceptors (Lipinski definition) is 5. The minimum absolute atomic E-state index is 0.120. The molecule has 27 heavy (non-hydrogen) atoms. The molecule has 0 spiro atoms. The van der Waals surface area contributed by atoms with Gasteiger partial charge in [-0.3, -0.25) is 4.79 Å². The van der Waals surface area contributed by atoms with Crippen LogP contribution in [-0.2, 0) is 17.9 Å². The molecule has 0 aliphatic rings. The van der Waals surface area contributed by atoms with Crippen LogP contribution >= 0.6 is 11.3 Å². The zero-order valence-corrected chi connectivity index (χ0v) is 16.5. The van der Waals surface area contributed by atoms with Gasteiger partial charge >= 0.3 is 0 Å². The van der Waals surface area contributed by atoms with Gasteiger partial charge in [0.1, 0.15) is 0 Å². The number of amides is 1. The number of pyridine rings is 1. The number of carbonyl (C=O) groups is 1. The van der Waals surface area contributed by atoms with E-state index < -0.39 is 0 Å². The second kappa shape index (κ2) is 7.08. The third kappa shape index (κ3) is 3.19. The Kier molecular flexibility index (Phi) is 4.61. The lowest BCUT2D eigenvalue weighted by Gasteiger charge is -2.22. The van der Waals surface area contributed by atoms with Crippen LogP contribution in [0.25, 0.3) is 16.6 Å². The van der Waals surface area contributed by atoms with Gasteiger partial charge in [0.15, 0.2) is 5.65 Å². The molecule has 138 valence electrons. The fourth-order valence-corrected chi connectivity index (χ4v) is 4.10. The van der Waals surface area contributed by atoms with Gasteiger partial charge in [-0.2, -0.15) is 4.52 Å². The predicted molar refractivity (Wildman–Crippen MR) is 107 cm³/mol. The SMILES string of the molecule is CCC(=O)N(Cc1cccs1)Cc1cc2ccc(C)c(C)c2n2nnnc12. The third-order valence-electron chi connectivity index (χ3n) is 4.97. The Balaban J connectivity index is 1.80. The molecule has 0 unspecified atom stereocenters. The summed E-state index contributed by atoms with van der Waals surface area (Å²) < 4.78 is 1.80.